The van der Waals surface area contributed by atoms with Gasteiger partial charge in [-0.1, -0.05) is 24.3 Å². The molecule has 0 aliphatic carbocycles. The van der Waals surface area contributed by atoms with Crippen molar-refractivity contribution in [2.45, 2.75) is 6.42 Å². The van der Waals surface area contributed by atoms with E-state index in [4.69, 9.17) is 5.11 Å². The van der Waals surface area contributed by atoms with Crippen molar-refractivity contribution in [2.75, 3.05) is 0 Å². The van der Waals surface area contributed by atoms with Crippen molar-refractivity contribution in [1.82, 2.24) is 9.55 Å². The zero-order valence-corrected chi connectivity index (χ0v) is 12.6. The number of benzene rings is 1. The number of carboxylic acids is 1. The van der Waals surface area contributed by atoms with Gasteiger partial charge in [-0.25, -0.2) is 0 Å². The minimum atomic E-state index is -0.919. The number of nitrogens with one attached hydrogen (secondary N) is 1. The van der Waals surface area contributed by atoms with Crippen LogP contribution in [0.25, 0.3) is 11.1 Å². The van der Waals surface area contributed by atoms with Gasteiger partial charge in [-0.15, -0.1) is 0 Å². The van der Waals surface area contributed by atoms with Gasteiger partial charge in [0.15, 0.2) is 0 Å². The van der Waals surface area contributed by atoms with E-state index in [0.717, 1.165) is 11.1 Å². The van der Waals surface area contributed by atoms with Crippen molar-refractivity contribution in [1.29, 1.82) is 0 Å². The molecule has 0 aliphatic heterocycles. The predicted molar refractivity (Wildman–Crippen MR) is 86.4 cm³/mol. The van der Waals surface area contributed by atoms with Crippen molar-refractivity contribution in [3.8, 4) is 11.1 Å². The minimum absolute atomic E-state index is 0.108. The number of hydrogen-bond acceptors (Lipinski definition) is 2. The van der Waals surface area contributed by atoms with Crippen LogP contribution in [0.2, 0.25) is 0 Å². The molecule has 0 saturated heterocycles. The lowest BCUT2D eigenvalue weighted by molar-refractivity contribution is -0.136. The molecule has 2 heterocycles. The molecule has 5 nitrogen and oxygen atoms in total. The predicted octanol–water partition coefficient (Wildman–Crippen LogP) is 2.88. The van der Waals surface area contributed by atoms with E-state index in [9.17, 15) is 9.59 Å². The number of nitrogens with zero attached hydrogens (tertiary/aromatic N) is 1. The van der Waals surface area contributed by atoms with Gasteiger partial charge in [0.1, 0.15) is 0 Å². The largest absolute Gasteiger partial charge is 0.481 e. The highest BCUT2D eigenvalue weighted by atomic mass is 16.4. The number of carboxylic acid groups (broad SMARTS) is 1. The Morgan fingerprint density at radius 1 is 1.13 bits per heavy atom. The standard InChI is InChI=1S/C18H16N2O3/c1-20-13(10-17(21)22)6-7-16(20)18(23)15-5-3-2-4-14(15)12-8-9-19-11-12/h2-9,11,19H,10H2,1H3,(H,21,22). The Morgan fingerprint density at radius 3 is 2.61 bits per heavy atom. The van der Waals surface area contributed by atoms with Gasteiger partial charge < -0.3 is 14.7 Å². The van der Waals surface area contributed by atoms with Crippen molar-refractivity contribution < 1.29 is 14.7 Å². The Balaban J connectivity index is 2.02. The molecule has 2 aromatic heterocycles. The Morgan fingerprint density at radius 2 is 1.91 bits per heavy atom. The van der Waals surface area contributed by atoms with E-state index in [1.54, 1.807) is 29.8 Å². The monoisotopic (exact) mass is 308 g/mol. The molecule has 3 aromatic rings. The van der Waals surface area contributed by atoms with E-state index in [-0.39, 0.29) is 12.2 Å². The van der Waals surface area contributed by atoms with Gasteiger partial charge in [0.05, 0.1) is 12.1 Å². The van der Waals surface area contributed by atoms with E-state index >= 15 is 0 Å². The number of ketones is 1. The average Bonchev–Trinajstić information content (AvgIpc) is 3.17. The van der Waals surface area contributed by atoms with Crippen LogP contribution >= 0.6 is 0 Å². The highest BCUT2D eigenvalue weighted by Crippen LogP contribution is 2.25. The van der Waals surface area contributed by atoms with E-state index < -0.39 is 5.97 Å². The molecule has 1 aromatic carbocycles. The topological polar surface area (TPSA) is 75.1 Å². The minimum Gasteiger partial charge on any atom is -0.481 e. The molecule has 0 fully saturated rings. The summed E-state index contributed by atoms with van der Waals surface area (Å²) >= 11 is 0. The maximum Gasteiger partial charge on any atom is 0.309 e. The molecule has 0 saturated carbocycles. The summed E-state index contributed by atoms with van der Waals surface area (Å²) in [6.45, 7) is 0. The van der Waals surface area contributed by atoms with Gasteiger partial charge in [-0.3, -0.25) is 9.59 Å². The number of H-pyrrole nitrogens is 1. The third-order valence-electron chi connectivity index (χ3n) is 3.87. The lowest BCUT2D eigenvalue weighted by atomic mass is 9.97. The third kappa shape index (κ3) is 2.81. The summed E-state index contributed by atoms with van der Waals surface area (Å²) in [5.74, 6) is -1.04. The van der Waals surface area contributed by atoms with E-state index in [1.807, 2.05) is 36.7 Å². The SMILES string of the molecule is Cn1c(CC(=O)O)ccc1C(=O)c1ccccc1-c1cc[nH]c1. The van der Waals surface area contributed by atoms with E-state index in [2.05, 4.69) is 4.98 Å². The molecule has 0 spiro atoms. The van der Waals surface area contributed by atoms with Gasteiger partial charge in [0.2, 0.25) is 5.78 Å². The summed E-state index contributed by atoms with van der Waals surface area (Å²) in [5.41, 5.74) is 3.45. The zero-order valence-electron chi connectivity index (χ0n) is 12.6. The van der Waals surface area contributed by atoms with Crippen LogP contribution < -0.4 is 0 Å². The number of aromatic nitrogens is 2. The molecule has 0 atom stereocenters. The van der Waals surface area contributed by atoms with Gasteiger partial charge in [0, 0.05) is 30.7 Å². The second-order valence-electron chi connectivity index (χ2n) is 5.31. The molecule has 2 N–H and O–H groups in total. The van der Waals surface area contributed by atoms with E-state index in [1.165, 1.54) is 0 Å². The number of carbonyl (C=O) groups excluding carboxylic acids is 1. The van der Waals surface area contributed by atoms with Gasteiger partial charge in [-0.05, 0) is 29.3 Å². The third-order valence-corrected chi connectivity index (χ3v) is 3.87. The number of aromatic amines is 1. The molecule has 3 rings (SSSR count). The maximum absolute atomic E-state index is 12.9. The molecule has 23 heavy (non-hydrogen) atoms. The van der Waals surface area contributed by atoms with Crippen LogP contribution in [0.15, 0.2) is 54.9 Å². The molecule has 116 valence electrons. The first-order valence-corrected chi connectivity index (χ1v) is 7.21. The smallest absolute Gasteiger partial charge is 0.309 e. The van der Waals surface area contributed by atoms with Crippen molar-refractivity contribution >= 4 is 11.8 Å². The summed E-state index contributed by atoms with van der Waals surface area (Å²) in [6, 6.07) is 12.7. The van der Waals surface area contributed by atoms with Crippen LogP contribution in [-0.2, 0) is 18.3 Å². The quantitative estimate of drug-likeness (QED) is 0.712. The van der Waals surface area contributed by atoms with Crippen LogP contribution in [0, 0.1) is 0 Å². The Bertz CT molecular complexity index is 860. The van der Waals surface area contributed by atoms with Crippen LogP contribution in [0.4, 0.5) is 0 Å². The van der Waals surface area contributed by atoms with Crippen LogP contribution in [0.3, 0.4) is 0 Å². The molecule has 5 heteroatoms. The fourth-order valence-electron chi connectivity index (χ4n) is 2.68. The summed E-state index contributed by atoms with van der Waals surface area (Å²) in [6.07, 6.45) is 3.54. The van der Waals surface area contributed by atoms with Crippen LogP contribution in [-0.4, -0.2) is 26.4 Å². The first kappa shape index (κ1) is 14.8. The van der Waals surface area contributed by atoms with Gasteiger partial charge in [0.25, 0.3) is 0 Å². The van der Waals surface area contributed by atoms with Gasteiger partial charge in [-0.2, -0.15) is 0 Å². The molecule has 0 radical (unpaired) electrons. The molecular weight excluding hydrogens is 292 g/mol. The second-order valence-corrected chi connectivity index (χ2v) is 5.31. The van der Waals surface area contributed by atoms with Crippen molar-refractivity contribution in [3.05, 3.63) is 71.8 Å². The lowest BCUT2D eigenvalue weighted by Gasteiger charge is -2.09. The summed E-state index contributed by atoms with van der Waals surface area (Å²) < 4.78 is 1.64. The summed E-state index contributed by atoms with van der Waals surface area (Å²) in [7, 11) is 1.71. The summed E-state index contributed by atoms with van der Waals surface area (Å²) in [5, 5.41) is 8.92. The highest BCUT2D eigenvalue weighted by Gasteiger charge is 2.19. The Hall–Kier alpha value is -3.08. The second kappa shape index (κ2) is 5.96. The lowest BCUT2D eigenvalue weighted by Crippen LogP contribution is -2.12. The molecular formula is C18H16N2O3. The first-order valence-electron chi connectivity index (χ1n) is 7.21. The first-order chi connectivity index (χ1) is 11.1. The fraction of sp³-hybridized carbons (Fsp3) is 0.111. The molecule has 0 bridgehead atoms. The number of aliphatic carboxylic acids is 1. The van der Waals surface area contributed by atoms with E-state index in [0.29, 0.717) is 17.0 Å². The maximum atomic E-state index is 12.9. The highest BCUT2D eigenvalue weighted by molar-refractivity contribution is 6.12. The number of carbonyl (C=O) groups is 2. The Kier molecular flexibility index (Phi) is 3.85. The Labute approximate surface area is 133 Å². The van der Waals surface area contributed by atoms with Crippen molar-refractivity contribution in [2.24, 2.45) is 7.05 Å². The molecule has 0 aliphatic rings. The van der Waals surface area contributed by atoms with Gasteiger partial charge >= 0.3 is 5.97 Å². The number of hydrogen-bond donors (Lipinski definition) is 2. The normalized spacial score (nSPS) is 10.7. The fourth-order valence-corrected chi connectivity index (χ4v) is 2.68. The number of rotatable bonds is 5. The van der Waals surface area contributed by atoms with Crippen LogP contribution in [0.1, 0.15) is 21.7 Å². The zero-order chi connectivity index (χ0) is 16.4. The molecule has 0 unspecified atom stereocenters. The van der Waals surface area contributed by atoms with Crippen molar-refractivity contribution in [3.63, 3.8) is 0 Å². The van der Waals surface area contributed by atoms with Crippen LogP contribution in [0.5, 0.6) is 0 Å². The summed E-state index contributed by atoms with van der Waals surface area (Å²) in [4.78, 5) is 26.8. The average molecular weight is 308 g/mol. The molecule has 0 amide bonds.